The van der Waals surface area contributed by atoms with E-state index in [9.17, 15) is 0 Å². The Morgan fingerprint density at radius 1 is 1.00 bits per heavy atom. The summed E-state index contributed by atoms with van der Waals surface area (Å²) in [5.74, 6) is 0. The molecular weight excluding hydrogens is 411 g/mol. The maximum absolute atomic E-state index is 3.84. The van der Waals surface area contributed by atoms with Gasteiger partial charge in [-0.15, -0.1) is 34.0 Å². The van der Waals surface area contributed by atoms with Crippen LogP contribution < -0.4 is 0 Å². The van der Waals surface area contributed by atoms with Gasteiger partial charge in [0.15, 0.2) is 0 Å². The molecule has 0 radical (unpaired) electrons. The Hall–Kier alpha value is 1.54. The van der Waals surface area contributed by atoms with E-state index in [4.69, 9.17) is 0 Å². The van der Waals surface area contributed by atoms with Crippen LogP contribution in [0.15, 0.2) is 21.5 Å². The topological polar surface area (TPSA) is 0 Å². The van der Waals surface area contributed by atoms with E-state index in [1.807, 2.05) is 0 Å². The Bertz CT molecular complexity index is 454. The van der Waals surface area contributed by atoms with Gasteiger partial charge < -0.3 is 0 Å². The summed E-state index contributed by atoms with van der Waals surface area (Å²) in [6, 6.07) is 0. The summed E-state index contributed by atoms with van der Waals surface area (Å²) in [7, 11) is 0. The van der Waals surface area contributed by atoms with Gasteiger partial charge in [0.1, 0.15) is 0 Å². The third-order valence-electron chi connectivity index (χ3n) is 2.93. The molecule has 0 amide bonds. The molecule has 0 saturated heterocycles. The first-order chi connectivity index (χ1) is 5.00. The molecule has 1 aliphatic carbocycles. The minimum atomic E-state index is -3.84. The van der Waals surface area contributed by atoms with Crippen molar-refractivity contribution in [2.75, 3.05) is 0 Å². The van der Waals surface area contributed by atoms with Crippen LogP contribution in [0.2, 0.25) is 27.8 Å². The van der Waals surface area contributed by atoms with Gasteiger partial charge in [0.2, 0.25) is 0 Å². The van der Waals surface area contributed by atoms with Crippen LogP contribution in [0.1, 0.15) is 6.42 Å². The molecule has 0 aromatic rings. The molecule has 0 atom stereocenters. The maximum atomic E-state index is 2.53. The quantitative estimate of drug-likeness (QED) is 0.499. The van der Waals surface area contributed by atoms with Crippen molar-refractivity contribution >= 4 is 40.8 Å². The van der Waals surface area contributed by atoms with Crippen molar-refractivity contribution in [3.8, 4) is 0 Å². The van der Waals surface area contributed by atoms with Crippen molar-refractivity contribution < 1.29 is 12.9 Å². The van der Waals surface area contributed by atoms with E-state index in [2.05, 4.69) is 52.9 Å². The molecule has 0 N–H and O–H groups in total. The SMILES string of the molecule is Br.Br.[CH3][Zr]([CH3])([CH3])([CH3])([CH3])([CH3])(=[SiH2])[C]1=CC=CC1. The van der Waals surface area contributed by atoms with Crippen molar-refractivity contribution in [1.29, 1.82) is 0 Å². The van der Waals surface area contributed by atoms with Gasteiger partial charge in [-0.2, -0.15) is 0 Å². The molecule has 4 heteroatoms. The van der Waals surface area contributed by atoms with Gasteiger partial charge >= 0.3 is 75.5 Å². The van der Waals surface area contributed by atoms with Crippen molar-refractivity contribution in [2.45, 2.75) is 34.2 Å². The Balaban J connectivity index is 0. The van der Waals surface area contributed by atoms with Crippen molar-refractivity contribution in [3.63, 3.8) is 0 Å². The molecule has 0 unspecified atom stereocenters. The predicted octanol–water partition coefficient (Wildman–Crippen LogP) is 5.12. The Labute approximate surface area is 108 Å². The normalized spacial score (nSPS) is 25.6. The summed E-state index contributed by atoms with van der Waals surface area (Å²) in [5, 5.41) is 0. The molecule has 0 nitrogen and oxygen atoms in total. The Morgan fingerprint density at radius 3 is 1.53 bits per heavy atom. The molecule has 0 aliphatic heterocycles. The van der Waals surface area contributed by atoms with Gasteiger partial charge in [0, 0.05) is 0 Å². The van der Waals surface area contributed by atoms with E-state index in [0.29, 0.717) is 0 Å². The van der Waals surface area contributed by atoms with Gasteiger partial charge in [0.25, 0.3) is 0 Å². The summed E-state index contributed by atoms with van der Waals surface area (Å²) in [5.41, 5.74) is 0. The first-order valence-electron chi connectivity index (χ1n) is 5.32. The van der Waals surface area contributed by atoms with Crippen molar-refractivity contribution in [1.82, 2.24) is 0 Å². The summed E-state index contributed by atoms with van der Waals surface area (Å²) in [6.45, 7) is 2.27. The summed E-state index contributed by atoms with van der Waals surface area (Å²) in [6.07, 6.45) is 7.99. The average molecular weight is 438 g/mol. The fourth-order valence-electron chi connectivity index (χ4n) is 1.69. The second-order valence-electron chi connectivity index (χ2n) is 12.6. The third-order valence-corrected chi connectivity index (χ3v) is 17.1. The molecule has 0 bridgehead atoms. The third kappa shape index (κ3) is 5.61. The van der Waals surface area contributed by atoms with Gasteiger partial charge in [0.05, 0.1) is 0 Å². The second-order valence-corrected chi connectivity index (χ2v) is 96.9. The van der Waals surface area contributed by atoms with E-state index in [-0.39, 0.29) is 34.0 Å². The van der Waals surface area contributed by atoms with Gasteiger partial charge in [-0.25, -0.2) is 0 Å². The van der Waals surface area contributed by atoms with Crippen molar-refractivity contribution in [2.24, 2.45) is 0 Å². The van der Waals surface area contributed by atoms with E-state index >= 15 is 0 Å². The summed E-state index contributed by atoms with van der Waals surface area (Å²) < 4.78 is 16.8. The van der Waals surface area contributed by atoms with Crippen LogP contribution in [0.4, 0.5) is 0 Å². The molecule has 1 aliphatic rings. The number of halogens is 2. The number of hydrogen-bond acceptors (Lipinski definition) is 0. The fourth-order valence-corrected chi connectivity index (χ4v) is 9.88. The van der Waals surface area contributed by atoms with Crippen LogP contribution >= 0.6 is 34.0 Å². The molecule has 0 aromatic heterocycles. The summed E-state index contributed by atoms with van der Waals surface area (Å²) in [4.78, 5) is 0. The van der Waals surface area contributed by atoms with E-state index in [1.165, 1.54) is 0 Å². The molecule has 0 heterocycles. The summed E-state index contributed by atoms with van der Waals surface area (Å²) >= 11 is -3.84. The molecule has 0 spiro atoms. The van der Waals surface area contributed by atoms with E-state index in [1.54, 1.807) is 3.28 Å². The molecular formula is C11H27Br2SiZr. The standard InChI is InChI=1S/C5H5.6CH3.2BrH.H2Si.Zr/c1-2-4-5-3-1;;;;;;;;;;/h1-3H,4H2;6*1H3;2*1H;1H2;. The Morgan fingerprint density at radius 2 is 1.40 bits per heavy atom. The minimum absolute atomic E-state index is 0. The van der Waals surface area contributed by atoms with Crippen LogP contribution in [0.5, 0.6) is 0 Å². The molecule has 1 rings (SSSR count). The van der Waals surface area contributed by atoms with Crippen LogP contribution in [-0.2, 0) is 12.9 Å². The van der Waals surface area contributed by atoms with E-state index in [0.717, 1.165) is 6.42 Å². The van der Waals surface area contributed by atoms with E-state index < -0.39 is 12.9 Å². The van der Waals surface area contributed by atoms with Crippen LogP contribution in [0, 0.1) is 0 Å². The number of allylic oxidation sites excluding steroid dienone is 4. The van der Waals surface area contributed by atoms with Crippen LogP contribution in [0.3, 0.4) is 0 Å². The predicted molar refractivity (Wildman–Crippen MR) is 86.2 cm³/mol. The average Bonchev–Trinajstić information content (AvgIpc) is 1.97. The molecule has 93 valence electrons. The zero-order valence-electron chi connectivity index (χ0n) is 11.0. The Kier molecular flexibility index (Phi) is 3.10. The van der Waals surface area contributed by atoms with Gasteiger partial charge in [-0.3, -0.25) is 0 Å². The molecule has 15 heavy (non-hydrogen) atoms. The zero-order chi connectivity index (χ0) is 10.8. The molecule has 0 aromatic carbocycles. The van der Waals surface area contributed by atoms with Gasteiger partial charge in [-0.05, 0) is 0 Å². The fraction of sp³-hybridized carbons (Fsp3) is 0.636. The number of hydrogen-bond donors (Lipinski definition) is 0. The molecule has 0 fully saturated rings. The van der Waals surface area contributed by atoms with Crippen LogP contribution in [0.25, 0.3) is 0 Å². The van der Waals surface area contributed by atoms with Crippen LogP contribution in [-0.4, -0.2) is 6.88 Å². The zero-order valence-corrected chi connectivity index (χ0v) is 18.3. The monoisotopic (exact) mass is 435 g/mol. The molecule has 0 saturated carbocycles. The first kappa shape index (κ1) is 18.9. The number of rotatable bonds is 1. The first-order valence-corrected chi connectivity index (χ1v) is 27.2. The van der Waals surface area contributed by atoms with Crippen molar-refractivity contribution in [3.05, 3.63) is 21.5 Å². The van der Waals surface area contributed by atoms with Gasteiger partial charge in [-0.1, -0.05) is 0 Å². The second kappa shape index (κ2) is 2.46.